The van der Waals surface area contributed by atoms with Crippen LogP contribution < -0.4 is 0 Å². The van der Waals surface area contributed by atoms with Crippen LogP contribution in [-0.2, 0) is 61.6 Å². The van der Waals surface area contributed by atoms with E-state index in [0.717, 1.165) is 0 Å². The van der Waals surface area contributed by atoms with Gasteiger partial charge in [0, 0.05) is 0 Å². The number of ether oxygens (including phenoxy) is 13. The van der Waals surface area contributed by atoms with Crippen LogP contribution in [-0.4, -0.2) is 306 Å². The average Bonchev–Trinajstić information content (AvgIpc) is 3.61. The standard InChI is InChI=1S/C36H58O29/c37-1-7-24-13(42)18(47)31(54-7)61-25-8(2-38)56-33(20(49)15(25)44)63-27-10(4-40)58-35(22(51)17(27)46)65-29-12-6-53-30(29)23(52)36(59-12)64-28-11(5-41)57-34(21(50)16(28)45)62-26-9(3-39)55-32(60-24)19(48)14(26)43/h7-52H,1-6H2/t7-,8-,9-,10-,11-,12-,13-,14-,15-,16-,17-,18-,19-,20-,21-,22-,23-,24-,25-,26-,27-,28-,29-,30-,31-,32-,33-,34-,35-,36-/m1/s1. The summed E-state index contributed by atoms with van der Waals surface area (Å²) in [6, 6.07) is 0. The molecule has 30 atom stereocenters. The molecule has 65 heavy (non-hydrogen) atoms. The van der Waals surface area contributed by atoms with E-state index in [4.69, 9.17) is 61.6 Å². The molecule has 0 amide bonds. The molecule has 0 radical (unpaired) electrons. The minimum atomic E-state index is -2.12. The van der Waals surface area contributed by atoms with E-state index in [2.05, 4.69) is 0 Å². The lowest BCUT2D eigenvalue weighted by Crippen LogP contribution is -2.68. The zero-order valence-electron chi connectivity index (χ0n) is 34.0. The smallest absolute Gasteiger partial charge is 0.187 e. The van der Waals surface area contributed by atoms with Gasteiger partial charge in [0.1, 0.15) is 146 Å². The van der Waals surface area contributed by atoms with Crippen molar-refractivity contribution in [2.24, 2.45) is 0 Å². The van der Waals surface area contributed by atoms with Crippen molar-refractivity contribution in [2.45, 2.75) is 184 Å². The van der Waals surface area contributed by atoms with Gasteiger partial charge in [0.15, 0.2) is 37.7 Å². The molecule has 23 heterocycles. The van der Waals surface area contributed by atoms with E-state index in [0.29, 0.717) is 0 Å². The first kappa shape index (κ1) is 50.2. The topological polar surface area (TPSA) is 444 Å². The summed E-state index contributed by atoms with van der Waals surface area (Å²) in [5.41, 5.74) is 0. The fraction of sp³-hybridized carbons (Fsp3) is 1.00. The van der Waals surface area contributed by atoms with Crippen molar-refractivity contribution in [3.8, 4) is 0 Å². The quantitative estimate of drug-likeness (QED) is 0.122. The third-order valence-corrected chi connectivity index (χ3v) is 12.9. The summed E-state index contributed by atoms with van der Waals surface area (Å²) in [4.78, 5) is 0. The molecule has 16 N–H and O–H groups in total. The van der Waals surface area contributed by atoms with Crippen LogP contribution in [0, 0.1) is 0 Å². The van der Waals surface area contributed by atoms with Gasteiger partial charge in [0.05, 0.1) is 39.6 Å². The summed E-state index contributed by atoms with van der Waals surface area (Å²) in [5.74, 6) is 0. The van der Waals surface area contributed by atoms with Gasteiger partial charge in [-0.25, -0.2) is 0 Å². The fourth-order valence-electron chi connectivity index (χ4n) is 9.30. The SMILES string of the molecule is OC[C@H]1O[C@@H]2O[C@H]3[C@H](O)[C@@H](O)[C@@H](O[C@H]4[C@H](O)[C@@H](O)[C@@H](O[C@H]5[C@@H]6OC[C@H]5O[C@H](O[C@H]5[C@H](O)[C@@H](O)[C@@H](O[C@H]7[C@H](O)[C@@H](O)[C@@H](O[C@H]1[C@H](O)[C@H]2O)O[C@@H]7CO)O[C@@H]5CO)[C@@H]6O)O[C@@H]4CO)O[C@@H]3CO. The first-order valence-corrected chi connectivity index (χ1v) is 21.1. The number of hydrogen-bond donors (Lipinski definition) is 16. The molecule has 0 aliphatic carbocycles. The van der Waals surface area contributed by atoms with Crippen molar-refractivity contribution in [3.63, 3.8) is 0 Å². The zero-order chi connectivity index (χ0) is 46.8. The van der Waals surface area contributed by atoms with Gasteiger partial charge < -0.3 is 143 Å². The highest BCUT2D eigenvalue weighted by Gasteiger charge is 2.60. The second-order valence-corrected chi connectivity index (χ2v) is 17.0. The Labute approximate surface area is 367 Å². The van der Waals surface area contributed by atoms with Crippen LogP contribution in [0.5, 0.6) is 0 Å². The lowest BCUT2D eigenvalue weighted by Gasteiger charge is -2.50. The van der Waals surface area contributed by atoms with Crippen LogP contribution in [0.25, 0.3) is 0 Å². The maximum absolute atomic E-state index is 11.3. The van der Waals surface area contributed by atoms with E-state index < -0.39 is 217 Å². The van der Waals surface area contributed by atoms with E-state index >= 15 is 0 Å². The third-order valence-electron chi connectivity index (χ3n) is 12.9. The van der Waals surface area contributed by atoms with Crippen molar-refractivity contribution in [2.75, 3.05) is 39.6 Å². The van der Waals surface area contributed by atoms with Crippen molar-refractivity contribution >= 4 is 0 Å². The van der Waals surface area contributed by atoms with Crippen molar-refractivity contribution < 1.29 is 143 Å². The number of aliphatic hydroxyl groups is 16. The van der Waals surface area contributed by atoms with E-state index in [-0.39, 0.29) is 6.61 Å². The zero-order valence-corrected chi connectivity index (χ0v) is 34.0. The molecule has 14 bridgehead atoms. The van der Waals surface area contributed by atoms with Crippen LogP contribution in [0.4, 0.5) is 0 Å². The van der Waals surface area contributed by atoms with Gasteiger partial charge in [0.25, 0.3) is 0 Å². The van der Waals surface area contributed by atoms with Gasteiger partial charge in [-0.1, -0.05) is 0 Å². The molecule has 0 aromatic heterocycles. The normalized spacial score (nSPS) is 56.7. The first-order valence-electron chi connectivity index (χ1n) is 21.1. The summed E-state index contributed by atoms with van der Waals surface area (Å²) in [5, 5.41) is 175. The molecule has 23 aliphatic rings. The van der Waals surface area contributed by atoms with Gasteiger partial charge in [-0.2, -0.15) is 0 Å². The predicted octanol–water partition coefficient (Wildman–Crippen LogP) is -12.0. The Morgan fingerprint density at radius 3 is 0.723 bits per heavy atom. The summed E-state index contributed by atoms with van der Waals surface area (Å²) in [6.45, 7) is -4.95. The highest BCUT2D eigenvalue weighted by atomic mass is 16.8. The maximum Gasteiger partial charge on any atom is 0.187 e. The van der Waals surface area contributed by atoms with Crippen molar-refractivity contribution in [3.05, 3.63) is 0 Å². The Bertz CT molecular complexity index is 1530. The lowest BCUT2D eigenvalue weighted by molar-refractivity contribution is -0.400. The Balaban J connectivity index is 1.08. The van der Waals surface area contributed by atoms with E-state index in [1.165, 1.54) is 0 Å². The average molecular weight is 955 g/mol. The summed E-state index contributed by atoms with van der Waals surface area (Å²) >= 11 is 0. The predicted molar refractivity (Wildman–Crippen MR) is 192 cm³/mol. The van der Waals surface area contributed by atoms with Gasteiger partial charge in [-0.05, 0) is 0 Å². The van der Waals surface area contributed by atoms with Gasteiger partial charge >= 0.3 is 0 Å². The van der Waals surface area contributed by atoms with Gasteiger partial charge in [0.2, 0.25) is 0 Å². The summed E-state index contributed by atoms with van der Waals surface area (Å²) < 4.78 is 74.6. The molecular formula is C36H58O29. The van der Waals surface area contributed by atoms with Gasteiger partial charge in [-0.3, -0.25) is 0 Å². The number of aliphatic hydroxyl groups excluding tert-OH is 16. The van der Waals surface area contributed by atoms with Crippen molar-refractivity contribution in [1.29, 1.82) is 0 Å². The molecule has 0 unspecified atom stereocenters. The molecule has 0 saturated carbocycles. The van der Waals surface area contributed by atoms with Crippen LogP contribution in [0.1, 0.15) is 0 Å². The first-order chi connectivity index (χ1) is 31.0. The van der Waals surface area contributed by atoms with Gasteiger partial charge in [-0.15, -0.1) is 0 Å². The molecule has 0 aromatic rings. The van der Waals surface area contributed by atoms with Crippen LogP contribution in [0.3, 0.4) is 0 Å². The number of rotatable bonds is 5. The minimum absolute atomic E-state index is 0.237. The van der Waals surface area contributed by atoms with E-state index in [1.807, 2.05) is 0 Å². The third kappa shape index (κ3) is 9.34. The monoisotopic (exact) mass is 954 g/mol. The second kappa shape index (κ2) is 20.7. The summed E-state index contributed by atoms with van der Waals surface area (Å²) in [6.07, 6.45) is -53.9. The maximum atomic E-state index is 11.3. The fourth-order valence-corrected chi connectivity index (χ4v) is 9.30. The Kier molecular flexibility index (Phi) is 16.0. The Morgan fingerprint density at radius 1 is 0.246 bits per heavy atom. The molecule has 29 heteroatoms. The highest BCUT2D eigenvalue weighted by Crippen LogP contribution is 2.39. The molecule has 376 valence electrons. The molecule has 23 saturated heterocycles. The van der Waals surface area contributed by atoms with Crippen LogP contribution in [0.2, 0.25) is 0 Å². The molecule has 0 spiro atoms. The van der Waals surface area contributed by atoms with Crippen LogP contribution in [0.15, 0.2) is 0 Å². The molecule has 0 aromatic carbocycles. The molecular weight excluding hydrogens is 896 g/mol. The van der Waals surface area contributed by atoms with Crippen LogP contribution >= 0.6 is 0 Å². The largest absolute Gasteiger partial charge is 0.394 e. The molecule has 23 aliphatic heterocycles. The van der Waals surface area contributed by atoms with E-state index in [1.54, 1.807) is 0 Å². The second-order valence-electron chi connectivity index (χ2n) is 17.0. The minimum Gasteiger partial charge on any atom is -0.394 e. The molecule has 23 rings (SSSR count). The molecule has 23 fully saturated rings. The number of hydrogen-bond acceptors (Lipinski definition) is 29. The highest BCUT2D eigenvalue weighted by molar-refractivity contribution is 5.02. The Hall–Kier alpha value is -1.16. The Morgan fingerprint density at radius 2 is 0.477 bits per heavy atom. The summed E-state index contributed by atoms with van der Waals surface area (Å²) in [7, 11) is 0. The van der Waals surface area contributed by atoms with Crippen molar-refractivity contribution in [1.82, 2.24) is 0 Å². The molecule has 29 nitrogen and oxygen atoms in total. The van der Waals surface area contributed by atoms with E-state index in [9.17, 15) is 81.7 Å². The lowest BCUT2D eigenvalue weighted by atomic mass is 9.95.